The van der Waals surface area contributed by atoms with E-state index < -0.39 is 0 Å². The van der Waals surface area contributed by atoms with Gasteiger partial charge in [0.25, 0.3) is 0 Å². The van der Waals surface area contributed by atoms with Crippen molar-refractivity contribution in [3.05, 3.63) is 56.6 Å². The second-order valence-corrected chi connectivity index (χ2v) is 8.36. The van der Waals surface area contributed by atoms with Crippen molar-refractivity contribution in [3.63, 3.8) is 0 Å². The number of nitrogens with zero attached hydrogens (tertiary/aromatic N) is 4. The Hall–Kier alpha value is -1.53. The molecule has 1 aromatic carbocycles. The van der Waals surface area contributed by atoms with Crippen LogP contribution in [0.15, 0.2) is 29.6 Å². The number of fused-ring (bicyclic) bond motifs is 1. The van der Waals surface area contributed by atoms with Gasteiger partial charge in [-0.3, -0.25) is 9.80 Å². The van der Waals surface area contributed by atoms with Crippen LogP contribution in [-0.4, -0.2) is 45.9 Å². The van der Waals surface area contributed by atoms with Gasteiger partial charge in [-0.25, -0.2) is 9.97 Å². The Labute approximate surface area is 163 Å². The molecule has 3 aromatic rings. The molecule has 0 bridgehead atoms. The molecular weight excluding hydrogens is 364 g/mol. The van der Waals surface area contributed by atoms with Gasteiger partial charge >= 0.3 is 0 Å². The molecule has 0 unspecified atom stereocenters. The lowest BCUT2D eigenvalue weighted by Crippen LogP contribution is -2.45. The van der Waals surface area contributed by atoms with Crippen LogP contribution in [0.2, 0.25) is 5.02 Å². The van der Waals surface area contributed by atoms with E-state index in [9.17, 15) is 0 Å². The maximum absolute atomic E-state index is 6.62. The molecule has 0 spiro atoms. The lowest BCUT2D eigenvalue weighted by atomic mass is 10.1. The Balaban J connectivity index is 1.41. The molecule has 1 aliphatic heterocycles. The molecule has 0 N–H and O–H groups in total. The Morgan fingerprint density at radius 2 is 1.69 bits per heavy atom. The van der Waals surface area contributed by atoms with Gasteiger partial charge < -0.3 is 0 Å². The number of aryl methyl sites for hydroxylation is 2. The number of benzene rings is 1. The van der Waals surface area contributed by atoms with Gasteiger partial charge in [-0.2, -0.15) is 0 Å². The highest BCUT2D eigenvalue weighted by molar-refractivity contribution is 7.09. The van der Waals surface area contributed by atoms with Gasteiger partial charge in [0.05, 0.1) is 26.9 Å². The molecule has 0 radical (unpaired) electrons. The van der Waals surface area contributed by atoms with Crippen molar-refractivity contribution < 1.29 is 0 Å². The van der Waals surface area contributed by atoms with Crippen LogP contribution in [0.3, 0.4) is 0 Å². The number of halogens is 1. The smallest absolute Gasteiger partial charge is 0.0897 e. The van der Waals surface area contributed by atoms with E-state index in [1.54, 1.807) is 11.3 Å². The number of aromatic nitrogens is 2. The molecule has 0 saturated carbocycles. The van der Waals surface area contributed by atoms with E-state index in [1.807, 2.05) is 12.1 Å². The number of thiazole rings is 1. The first-order chi connectivity index (χ1) is 12.6. The number of piperazine rings is 1. The summed E-state index contributed by atoms with van der Waals surface area (Å²) in [4.78, 5) is 14.3. The second-order valence-electron chi connectivity index (χ2n) is 6.92. The molecule has 1 fully saturated rings. The van der Waals surface area contributed by atoms with E-state index in [1.165, 1.54) is 5.69 Å². The molecule has 0 aliphatic carbocycles. The Bertz CT molecular complexity index is 915. The van der Waals surface area contributed by atoms with Gasteiger partial charge in [0, 0.05) is 50.0 Å². The lowest BCUT2D eigenvalue weighted by molar-refractivity contribution is 0.120. The summed E-state index contributed by atoms with van der Waals surface area (Å²) in [5.41, 5.74) is 4.34. The van der Waals surface area contributed by atoms with Gasteiger partial charge in [-0.15, -0.1) is 11.3 Å². The summed E-state index contributed by atoms with van der Waals surface area (Å²) in [6.45, 7) is 10.1. The zero-order valence-corrected chi connectivity index (χ0v) is 16.8. The molecule has 0 atom stereocenters. The van der Waals surface area contributed by atoms with E-state index >= 15 is 0 Å². The summed E-state index contributed by atoms with van der Waals surface area (Å²) in [6, 6.07) is 8.23. The van der Waals surface area contributed by atoms with Crippen LogP contribution in [0.5, 0.6) is 0 Å². The summed E-state index contributed by atoms with van der Waals surface area (Å²) in [6.07, 6.45) is 0. The normalized spacial score (nSPS) is 16.4. The minimum Gasteiger partial charge on any atom is -0.295 e. The van der Waals surface area contributed by atoms with Crippen LogP contribution in [0.4, 0.5) is 0 Å². The van der Waals surface area contributed by atoms with Gasteiger partial charge in [-0.05, 0) is 25.5 Å². The molecule has 3 heterocycles. The van der Waals surface area contributed by atoms with E-state index in [2.05, 4.69) is 46.1 Å². The minimum absolute atomic E-state index is 0.809. The van der Waals surface area contributed by atoms with Crippen LogP contribution in [0, 0.1) is 13.8 Å². The average Bonchev–Trinajstić information content (AvgIpc) is 3.06. The van der Waals surface area contributed by atoms with Crippen molar-refractivity contribution in [3.8, 4) is 0 Å². The standard InChI is InChI=1S/C20H23ClN4S/c1-14-17-5-3-4-6-18(17)23-19(20(14)21)12-25-9-7-24(8-10-25)11-16-13-26-15(2)22-16/h3-6,13H,7-12H2,1-2H3. The zero-order valence-electron chi connectivity index (χ0n) is 15.2. The Morgan fingerprint density at radius 1 is 1.00 bits per heavy atom. The summed E-state index contributed by atoms with van der Waals surface area (Å²) in [5.74, 6) is 0. The van der Waals surface area contributed by atoms with Crippen LogP contribution >= 0.6 is 22.9 Å². The third kappa shape index (κ3) is 3.76. The van der Waals surface area contributed by atoms with Crippen molar-refractivity contribution >= 4 is 33.8 Å². The Kier molecular flexibility index (Phi) is 5.23. The highest BCUT2D eigenvalue weighted by Crippen LogP contribution is 2.28. The number of hydrogen-bond acceptors (Lipinski definition) is 5. The fourth-order valence-corrected chi connectivity index (χ4v) is 4.36. The van der Waals surface area contributed by atoms with Crippen LogP contribution in [-0.2, 0) is 13.1 Å². The summed E-state index contributed by atoms with van der Waals surface area (Å²) < 4.78 is 0. The molecule has 4 nitrogen and oxygen atoms in total. The molecule has 136 valence electrons. The SMILES string of the molecule is Cc1nc(CN2CCN(Cc3nc4ccccc4c(C)c3Cl)CC2)cs1. The first-order valence-corrected chi connectivity index (χ1v) is 10.3. The first-order valence-electron chi connectivity index (χ1n) is 8.99. The van der Waals surface area contributed by atoms with Gasteiger partial charge in [-0.1, -0.05) is 29.8 Å². The van der Waals surface area contributed by atoms with E-state index in [4.69, 9.17) is 16.6 Å². The van der Waals surface area contributed by atoms with Crippen molar-refractivity contribution in [2.75, 3.05) is 26.2 Å². The van der Waals surface area contributed by atoms with E-state index in [-0.39, 0.29) is 0 Å². The maximum Gasteiger partial charge on any atom is 0.0897 e. The minimum atomic E-state index is 0.809. The summed E-state index contributed by atoms with van der Waals surface area (Å²) >= 11 is 8.35. The van der Waals surface area contributed by atoms with Crippen molar-refractivity contribution in [2.24, 2.45) is 0 Å². The highest BCUT2D eigenvalue weighted by atomic mass is 35.5. The molecule has 4 rings (SSSR count). The third-order valence-corrected chi connectivity index (χ3v) is 6.36. The predicted octanol–water partition coefficient (Wildman–Crippen LogP) is 4.28. The lowest BCUT2D eigenvalue weighted by Gasteiger charge is -2.34. The summed E-state index contributed by atoms with van der Waals surface area (Å²) in [7, 11) is 0. The largest absolute Gasteiger partial charge is 0.295 e. The molecule has 0 amide bonds. The molecule has 2 aromatic heterocycles. The molecule has 1 aliphatic rings. The van der Waals surface area contributed by atoms with Crippen LogP contribution in [0.25, 0.3) is 10.9 Å². The average molecular weight is 387 g/mol. The molecular formula is C20H23ClN4S. The maximum atomic E-state index is 6.62. The predicted molar refractivity (Wildman–Crippen MR) is 109 cm³/mol. The van der Waals surface area contributed by atoms with Gasteiger partial charge in [0.1, 0.15) is 0 Å². The Morgan fingerprint density at radius 3 is 2.38 bits per heavy atom. The zero-order chi connectivity index (χ0) is 18.1. The number of hydrogen-bond donors (Lipinski definition) is 0. The van der Waals surface area contributed by atoms with Crippen molar-refractivity contribution in [2.45, 2.75) is 26.9 Å². The quantitative estimate of drug-likeness (QED) is 0.669. The monoisotopic (exact) mass is 386 g/mol. The fourth-order valence-electron chi connectivity index (χ4n) is 3.55. The number of para-hydroxylation sites is 1. The summed E-state index contributed by atoms with van der Waals surface area (Å²) in [5, 5.41) is 5.27. The second kappa shape index (κ2) is 7.61. The highest BCUT2D eigenvalue weighted by Gasteiger charge is 2.20. The van der Waals surface area contributed by atoms with Crippen LogP contribution < -0.4 is 0 Å². The fraction of sp³-hybridized carbons (Fsp3) is 0.400. The van der Waals surface area contributed by atoms with Gasteiger partial charge in [0.15, 0.2) is 0 Å². The molecule has 6 heteroatoms. The number of rotatable bonds is 4. The molecule has 1 saturated heterocycles. The van der Waals surface area contributed by atoms with Crippen molar-refractivity contribution in [1.82, 2.24) is 19.8 Å². The first kappa shape index (κ1) is 17.9. The molecule has 26 heavy (non-hydrogen) atoms. The topological polar surface area (TPSA) is 32.3 Å². The van der Waals surface area contributed by atoms with Gasteiger partial charge in [0.2, 0.25) is 0 Å². The van der Waals surface area contributed by atoms with E-state index in [0.717, 1.165) is 71.5 Å². The van der Waals surface area contributed by atoms with Crippen molar-refractivity contribution in [1.29, 1.82) is 0 Å². The van der Waals surface area contributed by atoms with Crippen LogP contribution in [0.1, 0.15) is 22.0 Å². The third-order valence-electron chi connectivity index (χ3n) is 5.04. The van der Waals surface area contributed by atoms with E-state index in [0.29, 0.717) is 0 Å². The number of pyridine rings is 1.